The van der Waals surface area contributed by atoms with Gasteiger partial charge in [0.15, 0.2) is 5.69 Å². The lowest BCUT2D eigenvalue weighted by Crippen LogP contribution is -2.41. The van der Waals surface area contributed by atoms with Crippen LogP contribution in [0, 0.1) is 5.92 Å². The smallest absolute Gasteiger partial charge is 0.273 e. The molecule has 1 aliphatic carbocycles. The summed E-state index contributed by atoms with van der Waals surface area (Å²) in [5.74, 6) is 0.745. The van der Waals surface area contributed by atoms with Crippen molar-refractivity contribution in [3.8, 4) is 11.5 Å². The molecule has 0 radical (unpaired) electrons. The number of nitrogens with zero attached hydrogens (tertiary/aromatic N) is 1. The van der Waals surface area contributed by atoms with E-state index < -0.39 is 0 Å². The lowest BCUT2D eigenvalue weighted by Gasteiger charge is -2.14. The van der Waals surface area contributed by atoms with Crippen LogP contribution in [0.15, 0.2) is 41.0 Å². The maximum atomic E-state index is 12.1. The first-order chi connectivity index (χ1) is 9.78. The zero-order valence-corrected chi connectivity index (χ0v) is 12.3. The zero-order valence-electron chi connectivity index (χ0n) is 11.5. The van der Waals surface area contributed by atoms with E-state index >= 15 is 0 Å². The van der Waals surface area contributed by atoms with Gasteiger partial charge in [-0.2, -0.15) is 0 Å². The molecule has 0 bridgehead atoms. The van der Waals surface area contributed by atoms with Crippen molar-refractivity contribution in [3.63, 3.8) is 0 Å². The first-order valence-corrected chi connectivity index (χ1v) is 6.80. The van der Waals surface area contributed by atoms with Gasteiger partial charge in [-0.1, -0.05) is 18.2 Å². The summed E-state index contributed by atoms with van der Waals surface area (Å²) in [5, 5.41) is 2.92. The normalized spacial score (nSPS) is 15.1. The molecule has 3 rings (SSSR count). The third-order valence-electron chi connectivity index (χ3n) is 3.52. The molecule has 3 N–H and O–H groups in total. The fraction of sp³-hybridized carbons (Fsp3) is 0.333. The number of hydrogen-bond acceptors (Lipinski definition) is 4. The number of amides is 1. The summed E-state index contributed by atoms with van der Waals surface area (Å²) in [4.78, 5) is 16.3. The van der Waals surface area contributed by atoms with Gasteiger partial charge >= 0.3 is 0 Å². The Kier molecular flexibility index (Phi) is 4.98. The third-order valence-corrected chi connectivity index (χ3v) is 3.52. The first-order valence-electron chi connectivity index (χ1n) is 6.80. The highest BCUT2D eigenvalue weighted by Gasteiger charge is 2.31. The Labute approximate surface area is 129 Å². The van der Waals surface area contributed by atoms with Crippen molar-refractivity contribution in [3.05, 3.63) is 42.3 Å². The minimum atomic E-state index is -0.224. The fourth-order valence-corrected chi connectivity index (χ4v) is 2.20. The number of carbonyl (C=O) groups excluding carboxylic acids is 1. The Morgan fingerprint density at radius 2 is 2.10 bits per heavy atom. The monoisotopic (exact) mass is 307 g/mol. The lowest BCUT2D eigenvalue weighted by atomic mass is 10.2. The molecule has 1 fully saturated rings. The van der Waals surface area contributed by atoms with E-state index in [1.165, 1.54) is 6.26 Å². The molecule has 0 aliphatic heterocycles. The Hall–Kier alpha value is -1.85. The van der Waals surface area contributed by atoms with Gasteiger partial charge < -0.3 is 15.5 Å². The van der Waals surface area contributed by atoms with Gasteiger partial charge in [-0.3, -0.25) is 4.79 Å². The summed E-state index contributed by atoms with van der Waals surface area (Å²) in [6.07, 6.45) is 3.66. The van der Waals surface area contributed by atoms with Crippen molar-refractivity contribution in [2.45, 2.75) is 18.9 Å². The second-order valence-corrected chi connectivity index (χ2v) is 5.06. The SMILES string of the molecule is Cl.NCC(NC(=O)c1coc(-c2ccccc2)n1)C1CC1. The number of halogens is 1. The molecule has 6 heteroatoms. The van der Waals surface area contributed by atoms with Gasteiger partial charge in [0, 0.05) is 18.2 Å². The molecule has 1 atom stereocenters. The Balaban J connectivity index is 0.00000161. The second-order valence-electron chi connectivity index (χ2n) is 5.06. The van der Waals surface area contributed by atoms with Crippen molar-refractivity contribution in [2.75, 3.05) is 6.54 Å². The van der Waals surface area contributed by atoms with Gasteiger partial charge in [-0.15, -0.1) is 12.4 Å². The first kappa shape index (κ1) is 15.5. The number of hydrogen-bond donors (Lipinski definition) is 2. The molecular formula is C15H18ClN3O2. The summed E-state index contributed by atoms with van der Waals surface area (Å²) in [6, 6.07) is 9.54. The van der Waals surface area contributed by atoms with E-state index in [2.05, 4.69) is 10.3 Å². The van der Waals surface area contributed by atoms with Gasteiger partial charge in [0.25, 0.3) is 5.91 Å². The van der Waals surface area contributed by atoms with Crippen LogP contribution in [0.3, 0.4) is 0 Å². The predicted octanol–water partition coefficient (Wildman–Crippen LogP) is 2.23. The molecule has 1 aliphatic rings. The van der Waals surface area contributed by atoms with E-state index in [0.29, 0.717) is 24.0 Å². The van der Waals surface area contributed by atoms with Crippen LogP contribution < -0.4 is 11.1 Å². The van der Waals surface area contributed by atoms with E-state index in [0.717, 1.165) is 18.4 Å². The van der Waals surface area contributed by atoms with Crippen LogP contribution in [-0.4, -0.2) is 23.5 Å². The van der Waals surface area contributed by atoms with Crippen molar-refractivity contribution >= 4 is 18.3 Å². The molecule has 2 aromatic rings. The van der Waals surface area contributed by atoms with Crippen molar-refractivity contribution in [2.24, 2.45) is 11.7 Å². The topological polar surface area (TPSA) is 81.1 Å². The third kappa shape index (κ3) is 3.62. The molecule has 0 saturated heterocycles. The van der Waals surface area contributed by atoms with Gasteiger partial charge in [0.2, 0.25) is 5.89 Å². The van der Waals surface area contributed by atoms with Crippen LogP contribution in [-0.2, 0) is 0 Å². The summed E-state index contributed by atoms with van der Waals surface area (Å²) in [6.45, 7) is 0.458. The summed E-state index contributed by atoms with van der Waals surface area (Å²) in [7, 11) is 0. The quantitative estimate of drug-likeness (QED) is 0.887. The van der Waals surface area contributed by atoms with Crippen LogP contribution in [0.25, 0.3) is 11.5 Å². The molecule has 112 valence electrons. The fourth-order valence-electron chi connectivity index (χ4n) is 2.20. The van der Waals surface area contributed by atoms with Crippen LogP contribution >= 0.6 is 12.4 Å². The Bertz CT molecular complexity index is 596. The number of carbonyl (C=O) groups is 1. The van der Waals surface area contributed by atoms with E-state index in [9.17, 15) is 4.79 Å². The molecule has 1 heterocycles. The van der Waals surface area contributed by atoms with Gasteiger partial charge in [0.05, 0.1) is 0 Å². The molecule has 1 aromatic carbocycles. The zero-order chi connectivity index (χ0) is 13.9. The second kappa shape index (κ2) is 6.74. The molecule has 21 heavy (non-hydrogen) atoms. The maximum absolute atomic E-state index is 12.1. The minimum Gasteiger partial charge on any atom is -0.444 e. The highest BCUT2D eigenvalue weighted by Crippen LogP contribution is 2.32. The highest BCUT2D eigenvalue weighted by atomic mass is 35.5. The number of benzene rings is 1. The maximum Gasteiger partial charge on any atom is 0.273 e. The molecule has 1 aromatic heterocycles. The number of nitrogens with one attached hydrogen (secondary N) is 1. The van der Waals surface area contributed by atoms with Crippen molar-refractivity contribution in [1.29, 1.82) is 0 Å². The molecular weight excluding hydrogens is 290 g/mol. The van der Waals surface area contributed by atoms with Gasteiger partial charge in [-0.25, -0.2) is 4.98 Å². The predicted molar refractivity (Wildman–Crippen MR) is 82.2 cm³/mol. The van der Waals surface area contributed by atoms with Gasteiger partial charge in [-0.05, 0) is 30.9 Å². The number of nitrogens with two attached hydrogens (primary N) is 1. The Morgan fingerprint density at radius 3 is 2.71 bits per heavy atom. The number of aromatic nitrogens is 1. The van der Waals surface area contributed by atoms with Crippen molar-refractivity contribution in [1.82, 2.24) is 10.3 Å². The van der Waals surface area contributed by atoms with E-state index in [1.807, 2.05) is 30.3 Å². The number of oxazole rings is 1. The minimum absolute atomic E-state index is 0. The molecule has 1 amide bonds. The molecule has 0 spiro atoms. The van der Waals surface area contributed by atoms with E-state index in [-0.39, 0.29) is 24.4 Å². The van der Waals surface area contributed by atoms with Crippen LogP contribution in [0.4, 0.5) is 0 Å². The average Bonchev–Trinajstić information content (AvgIpc) is 3.21. The van der Waals surface area contributed by atoms with Crippen LogP contribution in [0.2, 0.25) is 0 Å². The standard InChI is InChI=1S/C15H17N3O2.ClH/c16-8-12(10-6-7-10)17-14(19)13-9-20-15(18-13)11-4-2-1-3-5-11;/h1-5,9-10,12H,6-8,16H2,(H,17,19);1H. The Morgan fingerprint density at radius 1 is 1.38 bits per heavy atom. The summed E-state index contributed by atoms with van der Waals surface area (Å²) in [5.41, 5.74) is 6.82. The molecule has 5 nitrogen and oxygen atoms in total. The largest absolute Gasteiger partial charge is 0.444 e. The van der Waals surface area contributed by atoms with E-state index in [4.69, 9.17) is 10.2 Å². The molecule has 1 saturated carbocycles. The van der Waals surface area contributed by atoms with Gasteiger partial charge in [0.1, 0.15) is 6.26 Å². The van der Waals surface area contributed by atoms with E-state index in [1.54, 1.807) is 0 Å². The highest BCUT2D eigenvalue weighted by molar-refractivity contribution is 5.92. The lowest BCUT2D eigenvalue weighted by molar-refractivity contribution is 0.0928. The average molecular weight is 308 g/mol. The van der Waals surface area contributed by atoms with Crippen LogP contribution in [0.5, 0.6) is 0 Å². The van der Waals surface area contributed by atoms with Crippen LogP contribution in [0.1, 0.15) is 23.3 Å². The number of rotatable bonds is 5. The summed E-state index contributed by atoms with van der Waals surface area (Å²) < 4.78 is 5.36. The molecule has 1 unspecified atom stereocenters. The summed E-state index contributed by atoms with van der Waals surface area (Å²) >= 11 is 0. The van der Waals surface area contributed by atoms with Crippen molar-refractivity contribution < 1.29 is 9.21 Å².